The topological polar surface area (TPSA) is 128 Å². The molecule has 2 aromatic heterocycles. The van der Waals surface area contributed by atoms with E-state index in [0.29, 0.717) is 41.2 Å². The third kappa shape index (κ3) is 5.84. The van der Waals surface area contributed by atoms with E-state index in [-0.39, 0.29) is 11.3 Å². The van der Waals surface area contributed by atoms with Gasteiger partial charge in [-0.2, -0.15) is 9.61 Å². The number of nitrogens with one attached hydrogen (secondary N) is 1. The van der Waals surface area contributed by atoms with E-state index in [9.17, 15) is 9.59 Å². The number of carbonyl (C=O) groups is 1. The molecule has 0 radical (unpaired) electrons. The summed E-state index contributed by atoms with van der Waals surface area (Å²) in [4.78, 5) is 29.8. The molecule has 0 aliphatic rings. The van der Waals surface area contributed by atoms with Gasteiger partial charge in [0.2, 0.25) is 0 Å². The molecule has 0 aliphatic heterocycles. The van der Waals surface area contributed by atoms with Crippen LogP contribution < -0.4 is 21.8 Å². The molecule has 3 aromatic carbocycles. The van der Waals surface area contributed by atoms with Crippen LogP contribution in [0.25, 0.3) is 27.9 Å². The van der Waals surface area contributed by atoms with Gasteiger partial charge in [-0.15, -0.1) is 0 Å². The molecular formula is C31H30ClN5O3. The van der Waals surface area contributed by atoms with Crippen molar-refractivity contribution >= 4 is 23.2 Å². The molecule has 5 aromatic rings. The van der Waals surface area contributed by atoms with Crippen molar-refractivity contribution in [3.63, 3.8) is 0 Å². The standard InChI is InChI=1S/C31H30ClN5O3/c32-22-15-13-21(14-16-22)28-26(18-20-8-2-1-3-9-20)36-37-29(28)35-19-24(30(37)38)23-10-4-5-12-27(23)40-31(39)25(34)11-6-7-17-33/h1-5,8-10,12-16,19,25,35H,6-7,11,17-18,33-34H2/t25-/m1/s1. The zero-order valence-electron chi connectivity index (χ0n) is 21.8. The minimum Gasteiger partial charge on any atom is -0.425 e. The van der Waals surface area contributed by atoms with E-state index >= 15 is 0 Å². The van der Waals surface area contributed by atoms with Crippen molar-refractivity contribution in [3.05, 3.63) is 112 Å². The number of aromatic amines is 1. The number of rotatable bonds is 10. The van der Waals surface area contributed by atoms with Crippen LogP contribution in [0.4, 0.5) is 0 Å². The summed E-state index contributed by atoms with van der Waals surface area (Å²) in [5, 5.41) is 5.37. The first-order valence-corrected chi connectivity index (χ1v) is 13.5. The Labute approximate surface area is 236 Å². The fraction of sp³-hybridized carbons (Fsp3) is 0.194. The number of esters is 1. The Kier molecular flexibility index (Phi) is 8.40. The van der Waals surface area contributed by atoms with E-state index in [1.807, 2.05) is 54.6 Å². The van der Waals surface area contributed by atoms with Gasteiger partial charge in [-0.1, -0.05) is 78.7 Å². The first-order chi connectivity index (χ1) is 19.5. The average Bonchev–Trinajstić information content (AvgIpc) is 3.33. The highest BCUT2D eigenvalue weighted by molar-refractivity contribution is 6.30. The molecule has 9 heteroatoms. The molecule has 2 heterocycles. The molecule has 0 spiro atoms. The van der Waals surface area contributed by atoms with Crippen molar-refractivity contribution < 1.29 is 9.53 Å². The lowest BCUT2D eigenvalue weighted by Crippen LogP contribution is -2.34. The van der Waals surface area contributed by atoms with Crippen LogP contribution in [0, 0.1) is 0 Å². The Balaban J connectivity index is 1.56. The van der Waals surface area contributed by atoms with Crippen LogP contribution >= 0.6 is 11.6 Å². The highest BCUT2D eigenvalue weighted by Gasteiger charge is 2.22. The number of hydrogen-bond acceptors (Lipinski definition) is 6. The number of fused-ring (bicyclic) bond motifs is 1. The lowest BCUT2D eigenvalue weighted by Gasteiger charge is -2.14. The van der Waals surface area contributed by atoms with Crippen molar-refractivity contribution in [2.45, 2.75) is 31.7 Å². The molecular weight excluding hydrogens is 526 g/mol. The van der Waals surface area contributed by atoms with Crippen LogP contribution in [0.1, 0.15) is 30.5 Å². The van der Waals surface area contributed by atoms with E-state index in [1.165, 1.54) is 4.52 Å². The van der Waals surface area contributed by atoms with Gasteiger partial charge in [-0.25, -0.2) is 4.79 Å². The van der Waals surface area contributed by atoms with Gasteiger partial charge in [0.15, 0.2) is 0 Å². The third-order valence-corrected chi connectivity index (χ3v) is 6.99. The van der Waals surface area contributed by atoms with E-state index in [4.69, 9.17) is 32.9 Å². The van der Waals surface area contributed by atoms with Gasteiger partial charge in [0.05, 0.1) is 11.3 Å². The summed E-state index contributed by atoms with van der Waals surface area (Å²) in [6.07, 6.45) is 4.13. The summed E-state index contributed by atoms with van der Waals surface area (Å²) < 4.78 is 7.03. The lowest BCUT2D eigenvalue weighted by atomic mass is 10.0. The zero-order valence-corrected chi connectivity index (χ0v) is 22.6. The Morgan fingerprint density at radius 3 is 2.45 bits per heavy atom. The first kappa shape index (κ1) is 27.3. The van der Waals surface area contributed by atoms with Crippen molar-refractivity contribution in [1.82, 2.24) is 14.6 Å². The highest BCUT2D eigenvalue weighted by Crippen LogP contribution is 2.32. The number of nitrogens with zero attached hydrogens (tertiary/aromatic N) is 2. The minimum absolute atomic E-state index is 0.251. The largest absolute Gasteiger partial charge is 0.425 e. The van der Waals surface area contributed by atoms with Crippen LogP contribution in [0.15, 0.2) is 89.9 Å². The van der Waals surface area contributed by atoms with Crippen LogP contribution in [-0.4, -0.2) is 33.2 Å². The molecule has 0 saturated carbocycles. The molecule has 5 N–H and O–H groups in total. The maximum absolute atomic E-state index is 13.9. The molecule has 40 heavy (non-hydrogen) atoms. The molecule has 0 fully saturated rings. The molecule has 0 amide bonds. The van der Waals surface area contributed by atoms with Crippen molar-refractivity contribution in [1.29, 1.82) is 0 Å². The highest BCUT2D eigenvalue weighted by atomic mass is 35.5. The van der Waals surface area contributed by atoms with Gasteiger partial charge in [-0.05, 0) is 48.7 Å². The number of unbranched alkanes of at least 4 members (excludes halogenated alkanes) is 1. The average molecular weight is 556 g/mol. The fourth-order valence-electron chi connectivity index (χ4n) is 4.67. The fourth-order valence-corrected chi connectivity index (χ4v) is 4.80. The summed E-state index contributed by atoms with van der Waals surface area (Å²) in [5.41, 5.74) is 16.0. The third-order valence-electron chi connectivity index (χ3n) is 6.74. The molecule has 8 nitrogen and oxygen atoms in total. The molecule has 0 unspecified atom stereocenters. The Morgan fingerprint density at radius 1 is 0.975 bits per heavy atom. The van der Waals surface area contributed by atoms with E-state index in [0.717, 1.165) is 35.2 Å². The van der Waals surface area contributed by atoms with Crippen molar-refractivity contribution in [3.8, 4) is 28.0 Å². The number of carbonyl (C=O) groups excluding carboxylic acids is 1. The van der Waals surface area contributed by atoms with Crippen LogP contribution in [0.5, 0.6) is 5.75 Å². The second-order valence-corrected chi connectivity index (χ2v) is 10.0. The molecule has 0 saturated heterocycles. The predicted octanol–water partition coefficient (Wildman–Crippen LogP) is 4.96. The number of aromatic nitrogens is 3. The Morgan fingerprint density at radius 2 is 1.70 bits per heavy atom. The molecule has 5 rings (SSSR count). The number of hydrogen-bond donors (Lipinski definition) is 3. The summed E-state index contributed by atoms with van der Waals surface area (Å²) >= 11 is 6.15. The van der Waals surface area contributed by atoms with Crippen LogP contribution in [0.3, 0.4) is 0 Å². The van der Waals surface area contributed by atoms with Crippen molar-refractivity contribution in [2.75, 3.05) is 6.54 Å². The lowest BCUT2D eigenvalue weighted by molar-refractivity contribution is -0.136. The van der Waals surface area contributed by atoms with Gasteiger partial charge < -0.3 is 21.2 Å². The second-order valence-electron chi connectivity index (χ2n) is 9.57. The smallest absolute Gasteiger partial charge is 0.328 e. The van der Waals surface area contributed by atoms with E-state index in [2.05, 4.69) is 4.98 Å². The summed E-state index contributed by atoms with van der Waals surface area (Å²) in [5.74, 6) is -0.308. The number of nitrogens with two attached hydrogens (primary N) is 2. The van der Waals surface area contributed by atoms with Gasteiger partial charge in [0.25, 0.3) is 5.56 Å². The molecule has 1 atom stereocenters. The first-order valence-electron chi connectivity index (χ1n) is 13.2. The predicted molar refractivity (Wildman–Crippen MR) is 157 cm³/mol. The molecule has 0 bridgehead atoms. The number of para-hydroxylation sites is 1. The van der Waals surface area contributed by atoms with Crippen LogP contribution in [-0.2, 0) is 11.2 Å². The SMILES string of the molecule is NCCCC[C@@H](N)C(=O)Oc1ccccc1-c1c[nH]c2c(-c3ccc(Cl)cc3)c(Cc3ccccc3)nn2c1=O. The van der Waals surface area contributed by atoms with E-state index < -0.39 is 12.0 Å². The van der Waals surface area contributed by atoms with Crippen molar-refractivity contribution in [2.24, 2.45) is 11.5 Å². The van der Waals surface area contributed by atoms with Gasteiger partial charge >= 0.3 is 5.97 Å². The zero-order chi connectivity index (χ0) is 28.1. The molecule has 0 aliphatic carbocycles. The number of ether oxygens (including phenoxy) is 1. The Bertz CT molecular complexity index is 1680. The van der Waals surface area contributed by atoms with Crippen LogP contribution in [0.2, 0.25) is 5.02 Å². The number of halogens is 1. The van der Waals surface area contributed by atoms with Gasteiger partial charge in [0.1, 0.15) is 17.4 Å². The maximum atomic E-state index is 13.9. The normalized spacial score (nSPS) is 12.0. The number of H-pyrrole nitrogens is 1. The second kappa shape index (κ2) is 12.3. The maximum Gasteiger partial charge on any atom is 0.328 e. The minimum atomic E-state index is -0.783. The monoisotopic (exact) mass is 555 g/mol. The number of benzene rings is 3. The Hall–Kier alpha value is -4.24. The van der Waals surface area contributed by atoms with E-state index in [1.54, 1.807) is 30.5 Å². The summed E-state index contributed by atoms with van der Waals surface area (Å²) in [6.45, 7) is 0.538. The van der Waals surface area contributed by atoms with Gasteiger partial charge in [-0.3, -0.25) is 4.79 Å². The quantitative estimate of drug-likeness (QED) is 0.127. The summed E-state index contributed by atoms with van der Waals surface area (Å²) in [6, 6.07) is 23.5. The molecule has 204 valence electrons. The summed E-state index contributed by atoms with van der Waals surface area (Å²) in [7, 11) is 0. The van der Waals surface area contributed by atoms with Gasteiger partial charge in [0, 0.05) is 28.8 Å².